The molecule has 3 rings (SSSR count). The minimum absolute atomic E-state index is 0.0412. The van der Waals surface area contributed by atoms with E-state index in [-0.39, 0.29) is 34.9 Å². The van der Waals surface area contributed by atoms with E-state index < -0.39 is 68.2 Å². The molecule has 18 nitrogen and oxygen atoms in total. The number of amides is 1. The van der Waals surface area contributed by atoms with Gasteiger partial charge in [-0.2, -0.15) is 28.1 Å². The van der Waals surface area contributed by atoms with Crippen molar-refractivity contribution in [2.24, 2.45) is 5.73 Å². The molecule has 0 aliphatic rings. The number of anilines is 2. The van der Waals surface area contributed by atoms with E-state index in [2.05, 4.69) is 25.6 Å². The number of hydrogen-bond donors (Lipinski definition) is 6. The van der Waals surface area contributed by atoms with Gasteiger partial charge in [0.05, 0.1) is 21.8 Å². The van der Waals surface area contributed by atoms with E-state index in [1.54, 1.807) is 4.72 Å². The quantitative estimate of drug-likeness (QED) is 0.0734. The summed E-state index contributed by atoms with van der Waals surface area (Å²) in [6.45, 7) is 9.97. The van der Waals surface area contributed by atoms with Crippen molar-refractivity contribution in [2.45, 2.75) is 51.9 Å². The summed E-state index contributed by atoms with van der Waals surface area (Å²) in [5.74, 6) is -1.84. The highest BCUT2D eigenvalue weighted by atomic mass is 35.5. The van der Waals surface area contributed by atoms with Crippen molar-refractivity contribution < 1.29 is 55.4 Å². The lowest BCUT2D eigenvalue weighted by atomic mass is 10.1. The van der Waals surface area contributed by atoms with Crippen LogP contribution in [0.15, 0.2) is 36.4 Å². The number of rotatable bonds is 12. The minimum Gasteiger partial charge on any atom is -0.480 e. The predicted octanol–water partition coefficient (Wildman–Crippen LogP) is 5.60. The zero-order valence-electron chi connectivity index (χ0n) is 29.4. The molecular formula is C29H38Cl2F3N8O10PS. The summed E-state index contributed by atoms with van der Waals surface area (Å²) in [6.07, 6.45) is -3.94. The highest BCUT2D eigenvalue weighted by molar-refractivity contribution is 7.89. The van der Waals surface area contributed by atoms with Crippen molar-refractivity contribution in [3.05, 3.63) is 67.9 Å². The number of nitrogens with zero attached hydrogens (tertiary/aromatic N) is 4. The second-order valence-corrected chi connectivity index (χ2v) is 17.1. The zero-order valence-corrected chi connectivity index (χ0v) is 32.7. The molecule has 0 aliphatic heterocycles. The number of nitro groups is 1. The second kappa shape index (κ2) is 19.8. The molecule has 0 fully saturated rings. The van der Waals surface area contributed by atoms with E-state index in [0.717, 1.165) is 30.8 Å². The number of alkyl halides is 3. The van der Waals surface area contributed by atoms with Gasteiger partial charge in [0.2, 0.25) is 27.2 Å². The minimum atomic E-state index is -4.62. The fourth-order valence-electron chi connectivity index (χ4n) is 3.51. The summed E-state index contributed by atoms with van der Waals surface area (Å²) in [6, 6.07) is 4.06. The Labute approximate surface area is 317 Å². The number of carboxylic acids is 1. The summed E-state index contributed by atoms with van der Waals surface area (Å²) >= 11 is 11.5. The Balaban J connectivity index is 0.000000468. The van der Waals surface area contributed by atoms with Crippen LogP contribution in [0.2, 0.25) is 10.3 Å². The lowest BCUT2D eigenvalue weighted by molar-refractivity contribution is -0.385. The van der Waals surface area contributed by atoms with Gasteiger partial charge in [0, 0.05) is 37.0 Å². The summed E-state index contributed by atoms with van der Waals surface area (Å²) < 4.78 is 77.9. The third kappa shape index (κ3) is 18.6. The van der Waals surface area contributed by atoms with Crippen molar-refractivity contribution in [1.29, 1.82) is 0 Å². The standard InChI is InChI=1S/C15H10ClF3N2O6S.C9H16ClN5.C5H12NO4P/c1-28(25,26)20-14(22)10-7-9(3-4-12(10)21(23)24)27-13-5-2-8(6-11(13)16)15(17,18)19;1-5-11-7-12-6(10)13-8(14-7)15-9(2,3)4;1-11(9,10)3-2-4(6)5(7)8/h2-7H,1H3,(H,20,22);5H2,1-4H3,(H2,11,12,13,14,15);4H,2-3,6H2,1H3,(H,7,8)(H,9,10). The number of halogens is 5. The number of aliphatic carboxylic acids is 1. The fourth-order valence-corrected chi connectivity index (χ4v) is 5.09. The van der Waals surface area contributed by atoms with Gasteiger partial charge < -0.3 is 31.1 Å². The maximum absolute atomic E-state index is 12.7. The molecule has 2 atom stereocenters. The maximum atomic E-state index is 12.7. The molecule has 1 aromatic heterocycles. The first-order chi connectivity index (χ1) is 24.5. The molecule has 0 saturated heterocycles. The van der Waals surface area contributed by atoms with E-state index in [1.165, 1.54) is 6.66 Å². The number of hydrogen-bond acceptors (Lipinski definition) is 14. The van der Waals surface area contributed by atoms with Crippen LogP contribution < -0.4 is 25.8 Å². The van der Waals surface area contributed by atoms with Crippen molar-refractivity contribution in [2.75, 3.05) is 36.3 Å². The van der Waals surface area contributed by atoms with Gasteiger partial charge in [-0.05, 0) is 70.0 Å². The van der Waals surface area contributed by atoms with Gasteiger partial charge in [0.1, 0.15) is 23.1 Å². The van der Waals surface area contributed by atoms with Gasteiger partial charge in [-0.3, -0.25) is 24.3 Å². The number of carboxylic acid groups (broad SMARTS) is 1. The van der Waals surface area contributed by atoms with E-state index in [9.17, 15) is 45.9 Å². The topological polar surface area (TPSA) is 279 Å². The Bertz CT molecular complexity index is 1970. The van der Waals surface area contributed by atoms with Gasteiger partial charge >= 0.3 is 12.1 Å². The van der Waals surface area contributed by atoms with Gasteiger partial charge in [0.25, 0.3) is 11.6 Å². The molecule has 7 N–H and O–H groups in total. The molecule has 3 aromatic rings. The molecule has 1 heterocycles. The molecule has 0 bridgehead atoms. The van der Waals surface area contributed by atoms with Crippen molar-refractivity contribution in [3.8, 4) is 11.5 Å². The molecule has 2 aromatic carbocycles. The zero-order chi connectivity index (χ0) is 41.8. The average molecular weight is 850 g/mol. The summed E-state index contributed by atoms with van der Waals surface area (Å²) in [4.78, 5) is 53.1. The number of nitro benzene ring substituents is 1. The van der Waals surface area contributed by atoms with Crippen LogP contribution in [0.4, 0.5) is 30.8 Å². The Morgan fingerprint density at radius 1 is 1.09 bits per heavy atom. The number of carbonyl (C=O) groups is 2. The Hall–Kier alpha value is -4.34. The van der Waals surface area contributed by atoms with Crippen LogP contribution in [-0.4, -0.2) is 87.4 Å². The van der Waals surface area contributed by atoms with E-state index in [4.69, 9.17) is 43.7 Å². The summed E-state index contributed by atoms with van der Waals surface area (Å²) in [7, 11) is -7.10. The van der Waals surface area contributed by atoms with Crippen molar-refractivity contribution in [1.82, 2.24) is 19.7 Å². The average Bonchev–Trinajstić information content (AvgIpc) is 2.98. The number of carbonyl (C=O) groups excluding carboxylic acids is 1. The highest BCUT2D eigenvalue weighted by Gasteiger charge is 2.31. The number of sulfonamides is 1. The largest absolute Gasteiger partial charge is 0.480 e. The third-order valence-electron chi connectivity index (χ3n) is 5.78. The third-order valence-corrected chi connectivity index (χ3v) is 7.89. The number of nitrogens with two attached hydrogens (primary N) is 1. The molecule has 300 valence electrons. The first kappa shape index (κ1) is 47.7. The number of benzene rings is 2. The van der Waals surface area contributed by atoms with Gasteiger partial charge in [-0.25, -0.2) is 13.1 Å². The maximum Gasteiger partial charge on any atom is 0.416 e. The first-order valence-electron chi connectivity index (χ1n) is 15.1. The number of aromatic nitrogens is 3. The normalized spacial score (nSPS) is 13.1. The number of nitrogens with one attached hydrogen (secondary N) is 3. The molecule has 0 spiro atoms. The fraction of sp³-hybridized carbons (Fsp3) is 0.414. The molecule has 25 heteroatoms. The van der Waals surface area contributed by atoms with Crippen LogP contribution >= 0.6 is 30.6 Å². The van der Waals surface area contributed by atoms with Crippen LogP contribution in [0, 0.1) is 10.1 Å². The van der Waals surface area contributed by atoms with Crippen LogP contribution in [0.5, 0.6) is 11.5 Å². The smallest absolute Gasteiger partial charge is 0.416 e. The summed E-state index contributed by atoms with van der Waals surface area (Å²) in [5.41, 5.74) is 2.65. The van der Waals surface area contributed by atoms with Crippen LogP contribution in [-0.2, 0) is 25.6 Å². The molecule has 54 heavy (non-hydrogen) atoms. The van der Waals surface area contributed by atoms with Gasteiger partial charge in [-0.15, -0.1) is 0 Å². The Kier molecular flexibility index (Phi) is 17.5. The predicted molar refractivity (Wildman–Crippen MR) is 195 cm³/mol. The molecule has 2 unspecified atom stereocenters. The summed E-state index contributed by atoms with van der Waals surface area (Å²) in [5, 5.41) is 25.3. The second-order valence-electron chi connectivity index (χ2n) is 12.0. The van der Waals surface area contributed by atoms with Gasteiger partial charge in [-0.1, -0.05) is 11.6 Å². The Morgan fingerprint density at radius 3 is 2.15 bits per heavy atom. The Morgan fingerprint density at radius 2 is 1.69 bits per heavy atom. The molecule has 0 radical (unpaired) electrons. The van der Waals surface area contributed by atoms with Crippen LogP contribution in [0.1, 0.15) is 50.0 Å². The van der Waals surface area contributed by atoms with E-state index in [1.807, 2.05) is 27.7 Å². The lowest BCUT2D eigenvalue weighted by Gasteiger charge is -2.20. The lowest BCUT2D eigenvalue weighted by Crippen LogP contribution is -2.30. The van der Waals surface area contributed by atoms with Crippen molar-refractivity contribution >= 4 is 70.1 Å². The van der Waals surface area contributed by atoms with Crippen LogP contribution in [0.3, 0.4) is 0 Å². The van der Waals surface area contributed by atoms with Gasteiger partial charge in [0.15, 0.2) is 7.37 Å². The van der Waals surface area contributed by atoms with E-state index in [0.29, 0.717) is 30.3 Å². The highest BCUT2D eigenvalue weighted by Crippen LogP contribution is 2.37. The SMILES string of the molecule is CCNc1nc(Cl)nc(NC(C)(C)C)n1.CP(=O)(O)CCC(N)C(=O)O.CS(=O)(=O)NC(=O)c1cc(Oc2ccc(C(F)(F)F)cc2Cl)ccc1[N+](=O)[O-]. The van der Waals surface area contributed by atoms with E-state index >= 15 is 0 Å². The molecular weight excluding hydrogens is 811 g/mol. The molecule has 0 aliphatic carbocycles. The number of ether oxygens (including phenoxy) is 1. The first-order valence-corrected chi connectivity index (χ1v) is 20.0. The molecule has 0 saturated carbocycles. The van der Waals surface area contributed by atoms with Crippen LogP contribution in [0.25, 0.3) is 0 Å². The monoisotopic (exact) mass is 848 g/mol. The molecule has 1 amide bonds. The van der Waals surface area contributed by atoms with Crippen molar-refractivity contribution in [3.63, 3.8) is 0 Å².